The minimum atomic E-state index is 0.142. The number of hydrogen-bond donors (Lipinski definition) is 0. The molecule has 2 aromatic carbocycles. The second-order valence-corrected chi connectivity index (χ2v) is 7.63. The van der Waals surface area contributed by atoms with Crippen LogP contribution >= 0.6 is 11.6 Å². The number of likely N-dealkylation sites (N-methyl/N-ethyl adjacent to an activating group) is 1. The SMILES string of the molecule is COc1ccc(N2CCN(C(=O)CN(C)Cc3cc(Cl)ccc3OC)CC2)cc1. The first-order valence-electron chi connectivity index (χ1n) is 9.68. The van der Waals surface area contributed by atoms with Gasteiger partial charge in [-0.15, -0.1) is 0 Å². The van der Waals surface area contributed by atoms with Gasteiger partial charge in [0, 0.05) is 49.0 Å². The number of rotatable bonds is 7. The van der Waals surface area contributed by atoms with Crippen LogP contribution < -0.4 is 14.4 Å². The van der Waals surface area contributed by atoms with Crippen molar-refractivity contribution in [3.8, 4) is 11.5 Å². The van der Waals surface area contributed by atoms with E-state index in [0.29, 0.717) is 18.1 Å². The molecule has 2 aromatic rings. The Morgan fingerprint density at radius 3 is 2.34 bits per heavy atom. The molecule has 1 fully saturated rings. The molecule has 0 aromatic heterocycles. The van der Waals surface area contributed by atoms with E-state index < -0.39 is 0 Å². The van der Waals surface area contributed by atoms with Gasteiger partial charge in [-0.2, -0.15) is 0 Å². The first kappa shape index (κ1) is 21.3. The van der Waals surface area contributed by atoms with E-state index in [1.165, 1.54) is 0 Å². The minimum absolute atomic E-state index is 0.142. The van der Waals surface area contributed by atoms with Gasteiger partial charge in [-0.3, -0.25) is 9.69 Å². The Hall–Kier alpha value is -2.44. The fourth-order valence-electron chi connectivity index (χ4n) is 3.56. The van der Waals surface area contributed by atoms with Crippen LogP contribution in [0.25, 0.3) is 0 Å². The fourth-order valence-corrected chi connectivity index (χ4v) is 3.75. The summed E-state index contributed by atoms with van der Waals surface area (Å²) in [6, 6.07) is 13.6. The molecule has 0 aliphatic carbocycles. The molecular formula is C22H28ClN3O3. The Labute approximate surface area is 177 Å². The molecule has 0 unspecified atom stereocenters. The van der Waals surface area contributed by atoms with Crippen LogP contribution in [0.5, 0.6) is 11.5 Å². The van der Waals surface area contributed by atoms with Gasteiger partial charge in [0.15, 0.2) is 0 Å². The quantitative estimate of drug-likeness (QED) is 0.692. The van der Waals surface area contributed by atoms with Crippen molar-refractivity contribution in [2.24, 2.45) is 0 Å². The van der Waals surface area contributed by atoms with E-state index in [9.17, 15) is 4.79 Å². The highest BCUT2D eigenvalue weighted by Gasteiger charge is 2.22. The highest BCUT2D eigenvalue weighted by atomic mass is 35.5. The summed E-state index contributed by atoms with van der Waals surface area (Å²) in [6.45, 7) is 4.05. The normalized spacial score (nSPS) is 14.2. The summed E-state index contributed by atoms with van der Waals surface area (Å²) in [6.07, 6.45) is 0. The van der Waals surface area contributed by atoms with Gasteiger partial charge in [-0.05, 0) is 49.5 Å². The molecule has 6 nitrogen and oxygen atoms in total. The van der Waals surface area contributed by atoms with Crippen molar-refractivity contribution in [2.45, 2.75) is 6.54 Å². The molecule has 0 bridgehead atoms. The van der Waals surface area contributed by atoms with Crippen molar-refractivity contribution < 1.29 is 14.3 Å². The van der Waals surface area contributed by atoms with E-state index in [1.807, 2.05) is 41.1 Å². The third-order valence-corrected chi connectivity index (χ3v) is 5.39. The number of ether oxygens (including phenoxy) is 2. The summed E-state index contributed by atoms with van der Waals surface area (Å²) in [4.78, 5) is 19.0. The molecule has 1 aliphatic rings. The molecule has 0 N–H and O–H groups in total. The van der Waals surface area contributed by atoms with E-state index in [2.05, 4.69) is 17.0 Å². The summed E-state index contributed by atoms with van der Waals surface area (Å²) in [5, 5.41) is 0.662. The standard InChI is InChI=1S/C22H28ClN3O3/c1-24(15-17-14-18(23)4-9-21(17)29-3)16-22(27)26-12-10-25(11-13-26)19-5-7-20(28-2)8-6-19/h4-9,14H,10-13,15-16H2,1-3H3. The Bertz CT molecular complexity index is 821. The molecule has 1 heterocycles. The summed E-state index contributed by atoms with van der Waals surface area (Å²) in [5.41, 5.74) is 2.13. The van der Waals surface area contributed by atoms with Gasteiger partial charge < -0.3 is 19.3 Å². The number of halogens is 1. The highest BCUT2D eigenvalue weighted by Crippen LogP contribution is 2.24. The number of carbonyl (C=O) groups excluding carboxylic acids is 1. The highest BCUT2D eigenvalue weighted by molar-refractivity contribution is 6.30. The number of anilines is 1. The van der Waals surface area contributed by atoms with E-state index in [1.54, 1.807) is 20.3 Å². The van der Waals surface area contributed by atoms with Gasteiger partial charge in [0.1, 0.15) is 11.5 Å². The zero-order chi connectivity index (χ0) is 20.8. The zero-order valence-electron chi connectivity index (χ0n) is 17.2. The third kappa shape index (κ3) is 5.55. The molecule has 1 aliphatic heterocycles. The second-order valence-electron chi connectivity index (χ2n) is 7.19. The molecule has 7 heteroatoms. The van der Waals surface area contributed by atoms with Crippen LogP contribution in [-0.4, -0.2) is 69.7 Å². The number of amides is 1. The number of hydrogen-bond acceptors (Lipinski definition) is 5. The van der Waals surface area contributed by atoms with Gasteiger partial charge in [0.2, 0.25) is 5.91 Å². The predicted molar refractivity (Wildman–Crippen MR) is 116 cm³/mol. The number of methoxy groups -OCH3 is 2. The maximum Gasteiger partial charge on any atom is 0.236 e. The molecule has 0 saturated carbocycles. The first-order valence-corrected chi connectivity index (χ1v) is 10.1. The first-order chi connectivity index (χ1) is 14.0. The summed E-state index contributed by atoms with van der Waals surface area (Å²) in [5.74, 6) is 1.77. The van der Waals surface area contributed by atoms with E-state index in [0.717, 1.165) is 48.9 Å². The Balaban J connectivity index is 1.51. The largest absolute Gasteiger partial charge is 0.497 e. The van der Waals surface area contributed by atoms with Crippen LogP contribution in [-0.2, 0) is 11.3 Å². The molecular weight excluding hydrogens is 390 g/mol. The van der Waals surface area contributed by atoms with Crippen molar-refractivity contribution in [2.75, 3.05) is 58.9 Å². The average Bonchev–Trinajstić information content (AvgIpc) is 2.74. The van der Waals surface area contributed by atoms with Crippen molar-refractivity contribution >= 4 is 23.2 Å². The fraction of sp³-hybridized carbons (Fsp3) is 0.409. The summed E-state index contributed by atoms with van der Waals surface area (Å²) < 4.78 is 10.6. The van der Waals surface area contributed by atoms with Crippen LogP contribution in [0.1, 0.15) is 5.56 Å². The summed E-state index contributed by atoms with van der Waals surface area (Å²) in [7, 11) is 5.24. The van der Waals surface area contributed by atoms with Gasteiger partial charge >= 0.3 is 0 Å². The van der Waals surface area contributed by atoms with Gasteiger partial charge in [-0.25, -0.2) is 0 Å². The Morgan fingerprint density at radius 2 is 1.72 bits per heavy atom. The maximum atomic E-state index is 12.7. The zero-order valence-corrected chi connectivity index (χ0v) is 18.0. The lowest BCUT2D eigenvalue weighted by molar-refractivity contribution is -0.132. The van der Waals surface area contributed by atoms with E-state index in [-0.39, 0.29) is 5.91 Å². The molecule has 29 heavy (non-hydrogen) atoms. The lowest BCUT2D eigenvalue weighted by Crippen LogP contribution is -2.51. The predicted octanol–water partition coefficient (Wildman–Crippen LogP) is 3.14. The molecule has 156 valence electrons. The monoisotopic (exact) mass is 417 g/mol. The third-order valence-electron chi connectivity index (χ3n) is 5.16. The molecule has 0 spiro atoms. The lowest BCUT2D eigenvalue weighted by atomic mass is 10.2. The maximum absolute atomic E-state index is 12.7. The summed E-state index contributed by atoms with van der Waals surface area (Å²) >= 11 is 6.10. The molecule has 3 rings (SSSR count). The van der Waals surface area contributed by atoms with Gasteiger partial charge in [0.25, 0.3) is 0 Å². The Kier molecular flexibility index (Phi) is 7.23. The van der Waals surface area contributed by atoms with Gasteiger partial charge in [0.05, 0.1) is 20.8 Å². The minimum Gasteiger partial charge on any atom is -0.497 e. The Morgan fingerprint density at radius 1 is 1.03 bits per heavy atom. The number of carbonyl (C=O) groups is 1. The number of piperazine rings is 1. The van der Waals surface area contributed by atoms with Crippen LogP contribution in [0, 0.1) is 0 Å². The van der Waals surface area contributed by atoms with E-state index in [4.69, 9.17) is 21.1 Å². The van der Waals surface area contributed by atoms with Crippen molar-refractivity contribution in [3.05, 3.63) is 53.1 Å². The van der Waals surface area contributed by atoms with E-state index >= 15 is 0 Å². The van der Waals surface area contributed by atoms with Crippen molar-refractivity contribution in [1.29, 1.82) is 0 Å². The molecule has 0 atom stereocenters. The topological polar surface area (TPSA) is 45.2 Å². The second kappa shape index (κ2) is 9.85. The lowest BCUT2D eigenvalue weighted by Gasteiger charge is -2.36. The molecule has 0 radical (unpaired) electrons. The van der Waals surface area contributed by atoms with Crippen LogP contribution in [0.3, 0.4) is 0 Å². The number of benzene rings is 2. The molecule has 1 amide bonds. The van der Waals surface area contributed by atoms with Crippen LogP contribution in [0.2, 0.25) is 5.02 Å². The number of nitrogens with zero attached hydrogens (tertiary/aromatic N) is 3. The van der Waals surface area contributed by atoms with Crippen molar-refractivity contribution in [1.82, 2.24) is 9.80 Å². The van der Waals surface area contributed by atoms with Crippen LogP contribution in [0.15, 0.2) is 42.5 Å². The molecule has 1 saturated heterocycles. The van der Waals surface area contributed by atoms with Crippen molar-refractivity contribution in [3.63, 3.8) is 0 Å². The van der Waals surface area contributed by atoms with Crippen LogP contribution in [0.4, 0.5) is 5.69 Å². The smallest absolute Gasteiger partial charge is 0.236 e. The van der Waals surface area contributed by atoms with Gasteiger partial charge in [-0.1, -0.05) is 11.6 Å². The average molecular weight is 418 g/mol.